The molecule has 3 N–H and O–H groups in total. The van der Waals surface area contributed by atoms with Crippen molar-refractivity contribution in [2.75, 3.05) is 26.7 Å². The predicted molar refractivity (Wildman–Crippen MR) is 79.1 cm³/mol. The van der Waals surface area contributed by atoms with E-state index in [9.17, 15) is 9.90 Å². The molecule has 0 saturated heterocycles. The summed E-state index contributed by atoms with van der Waals surface area (Å²) >= 11 is 0. The number of amides is 1. The van der Waals surface area contributed by atoms with Crippen molar-refractivity contribution in [1.82, 2.24) is 4.90 Å². The van der Waals surface area contributed by atoms with E-state index in [0.29, 0.717) is 25.4 Å². The minimum Gasteiger partial charge on any atom is -0.507 e. The van der Waals surface area contributed by atoms with Crippen LogP contribution >= 0.6 is 0 Å². The zero-order valence-corrected chi connectivity index (χ0v) is 12.6. The molecule has 0 aliphatic carbocycles. The lowest BCUT2D eigenvalue weighted by atomic mass is 9.93. The lowest BCUT2D eigenvalue weighted by Gasteiger charge is -2.31. The number of nitrogens with two attached hydrogens (primary N) is 1. The Bertz CT molecular complexity index is 472. The van der Waals surface area contributed by atoms with Crippen LogP contribution < -0.4 is 10.5 Å². The van der Waals surface area contributed by atoms with Gasteiger partial charge in [-0.05, 0) is 31.0 Å². The summed E-state index contributed by atoms with van der Waals surface area (Å²) in [6.45, 7) is 7.53. The van der Waals surface area contributed by atoms with Gasteiger partial charge < -0.3 is 20.5 Å². The Labute approximate surface area is 120 Å². The van der Waals surface area contributed by atoms with Crippen LogP contribution in [0.1, 0.15) is 31.1 Å². The largest absolute Gasteiger partial charge is 0.507 e. The number of rotatable bonds is 6. The Hall–Kier alpha value is -1.75. The molecule has 0 aliphatic rings. The van der Waals surface area contributed by atoms with E-state index in [4.69, 9.17) is 10.5 Å². The maximum atomic E-state index is 12.5. The van der Waals surface area contributed by atoms with Gasteiger partial charge in [0.25, 0.3) is 5.91 Å². The topological polar surface area (TPSA) is 75.8 Å². The highest BCUT2D eigenvalue weighted by Gasteiger charge is 2.25. The van der Waals surface area contributed by atoms with Crippen molar-refractivity contribution in [2.24, 2.45) is 11.1 Å². The van der Waals surface area contributed by atoms with Crippen LogP contribution in [0.3, 0.4) is 0 Å². The Morgan fingerprint density at radius 3 is 2.55 bits per heavy atom. The van der Waals surface area contributed by atoms with Crippen LogP contribution in [-0.4, -0.2) is 42.7 Å². The van der Waals surface area contributed by atoms with Crippen LogP contribution in [0, 0.1) is 5.41 Å². The number of methoxy groups -OCH3 is 1. The van der Waals surface area contributed by atoms with Gasteiger partial charge in [0.15, 0.2) is 0 Å². The van der Waals surface area contributed by atoms with E-state index in [1.54, 1.807) is 17.0 Å². The Balaban J connectivity index is 2.97. The van der Waals surface area contributed by atoms with E-state index in [1.807, 2.05) is 20.8 Å². The first-order valence-electron chi connectivity index (χ1n) is 6.71. The summed E-state index contributed by atoms with van der Waals surface area (Å²) in [5.41, 5.74) is 5.83. The van der Waals surface area contributed by atoms with Crippen molar-refractivity contribution in [2.45, 2.75) is 20.8 Å². The van der Waals surface area contributed by atoms with Crippen LogP contribution in [0.15, 0.2) is 18.2 Å². The van der Waals surface area contributed by atoms with Crippen LogP contribution in [0.25, 0.3) is 0 Å². The fraction of sp³-hybridized carbons (Fsp3) is 0.533. The number of carbonyl (C=O) groups is 1. The van der Waals surface area contributed by atoms with Gasteiger partial charge in [0.05, 0.1) is 12.7 Å². The molecular formula is C15H24N2O3. The molecule has 0 bridgehead atoms. The lowest BCUT2D eigenvalue weighted by Crippen LogP contribution is -2.42. The Morgan fingerprint density at radius 2 is 2.10 bits per heavy atom. The number of hydrogen-bond acceptors (Lipinski definition) is 4. The Morgan fingerprint density at radius 1 is 1.45 bits per heavy atom. The van der Waals surface area contributed by atoms with Crippen molar-refractivity contribution < 1.29 is 14.6 Å². The van der Waals surface area contributed by atoms with Crippen LogP contribution in [0.2, 0.25) is 0 Å². The highest BCUT2D eigenvalue weighted by atomic mass is 16.5. The number of aromatic hydroxyl groups is 1. The highest BCUT2D eigenvalue weighted by Crippen LogP contribution is 2.25. The molecule has 1 aromatic carbocycles. The summed E-state index contributed by atoms with van der Waals surface area (Å²) in [4.78, 5) is 14.2. The van der Waals surface area contributed by atoms with E-state index in [2.05, 4.69) is 0 Å². The summed E-state index contributed by atoms with van der Waals surface area (Å²) in [5, 5.41) is 9.94. The van der Waals surface area contributed by atoms with Crippen molar-refractivity contribution in [1.29, 1.82) is 0 Å². The minimum absolute atomic E-state index is 0.0710. The molecule has 0 fully saturated rings. The van der Waals surface area contributed by atoms with Crippen LogP contribution in [0.4, 0.5) is 0 Å². The van der Waals surface area contributed by atoms with Crippen molar-refractivity contribution in [3.05, 3.63) is 23.8 Å². The number of phenols is 1. The standard InChI is InChI=1S/C15H24N2O3/c1-5-17(10-15(2,3)9-16)14(19)12-7-6-11(20-4)8-13(12)18/h6-8,18H,5,9-10,16H2,1-4H3. The molecule has 5 nitrogen and oxygen atoms in total. The number of ether oxygens (including phenoxy) is 1. The molecule has 20 heavy (non-hydrogen) atoms. The smallest absolute Gasteiger partial charge is 0.257 e. The van der Waals surface area contributed by atoms with E-state index in [0.717, 1.165) is 0 Å². The molecule has 0 unspecified atom stereocenters. The first kappa shape index (κ1) is 16.3. The quantitative estimate of drug-likeness (QED) is 0.834. The molecular weight excluding hydrogens is 256 g/mol. The number of nitrogens with zero attached hydrogens (tertiary/aromatic N) is 1. The van der Waals surface area contributed by atoms with Gasteiger partial charge in [-0.1, -0.05) is 13.8 Å². The molecule has 0 aliphatic heterocycles. The fourth-order valence-electron chi connectivity index (χ4n) is 1.90. The van der Waals surface area contributed by atoms with Gasteiger partial charge in [-0.2, -0.15) is 0 Å². The normalized spacial score (nSPS) is 11.2. The van der Waals surface area contributed by atoms with E-state index < -0.39 is 0 Å². The van der Waals surface area contributed by atoms with Gasteiger partial charge in [0.2, 0.25) is 0 Å². The maximum absolute atomic E-state index is 12.5. The van der Waals surface area contributed by atoms with Crippen molar-refractivity contribution in [3.8, 4) is 11.5 Å². The van der Waals surface area contributed by atoms with Crippen LogP contribution in [-0.2, 0) is 0 Å². The molecule has 0 radical (unpaired) electrons. The second kappa shape index (κ2) is 6.61. The van der Waals surface area contributed by atoms with E-state index in [1.165, 1.54) is 13.2 Å². The molecule has 0 atom stereocenters. The lowest BCUT2D eigenvalue weighted by molar-refractivity contribution is 0.0697. The molecule has 0 aromatic heterocycles. The zero-order valence-electron chi connectivity index (χ0n) is 12.6. The maximum Gasteiger partial charge on any atom is 0.257 e. The van der Waals surface area contributed by atoms with Gasteiger partial charge in [-0.3, -0.25) is 4.79 Å². The van der Waals surface area contributed by atoms with Gasteiger partial charge in [-0.15, -0.1) is 0 Å². The SMILES string of the molecule is CCN(CC(C)(C)CN)C(=O)c1ccc(OC)cc1O. The number of phenolic OH excluding ortho intramolecular Hbond substituents is 1. The third-order valence-corrected chi connectivity index (χ3v) is 3.28. The summed E-state index contributed by atoms with van der Waals surface area (Å²) in [7, 11) is 1.51. The molecule has 0 spiro atoms. The molecule has 1 amide bonds. The molecule has 1 aromatic rings. The molecule has 0 heterocycles. The van der Waals surface area contributed by atoms with Gasteiger partial charge in [-0.25, -0.2) is 0 Å². The minimum atomic E-state index is -0.200. The van der Waals surface area contributed by atoms with Gasteiger partial charge in [0, 0.05) is 19.2 Å². The molecule has 112 valence electrons. The first-order valence-corrected chi connectivity index (χ1v) is 6.71. The predicted octanol–water partition coefficient (Wildman–Crippen LogP) is 1.85. The average Bonchev–Trinajstić information content (AvgIpc) is 2.44. The van der Waals surface area contributed by atoms with E-state index >= 15 is 0 Å². The van der Waals surface area contributed by atoms with Crippen molar-refractivity contribution >= 4 is 5.91 Å². The van der Waals surface area contributed by atoms with Gasteiger partial charge in [0.1, 0.15) is 11.5 Å². The molecule has 1 rings (SSSR count). The van der Waals surface area contributed by atoms with Crippen LogP contribution in [0.5, 0.6) is 11.5 Å². The molecule has 0 saturated carbocycles. The van der Waals surface area contributed by atoms with Gasteiger partial charge >= 0.3 is 0 Å². The monoisotopic (exact) mass is 280 g/mol. The summed E-state index contributed by atoms with van der Waals surface area (Å²) in [6, 6.07) is 4.68. The third kappa shape index (κ3) is 3.87. The van der Waals surface area contributed by atoms with Crippen molar-refractivity contribution in [3.63, 3.8) is 0 Å². The van der Waals surface area contributed by atoms with E-state index in [-0.39, 0.29) is 22.6 Å². The molecule has 5 heteroatoms. The summed E-state index contributed by atoms with van der Waals surface area (Å²) < 4.78 is 5.01. The number of hydrogen-bond donors (Lipinski definition) is 2. The average molecular weight is 280 g/mol. The third-order valence-electron chi connectivity index (χ3n) is 3.28. The summed E-state index contributed by atoms with van der Waals surface area (Å²) in [6.07, 6.45) is 0. The number of carbonyl (C=O) groups excluding carboxylic acids is 1. The highest BCUT2D eigenvalue weighted by molar-refractivity contribution is 5.97. The number of benzene rings is 1. The summed E-state index contributed by atoms with van der Waals surface area (Å²) in [5.74, 6) is 0.247. The second-order valence-corrected chi connectivity index (χ2v) is 5.57. The second-order valence-electron chi connectivity index (χ2n) is 5.57. The first-order chi connectivity index (χ1) is 9.34. The fourth-order valence-corrected chi connectivity index (χ4v) is 1.90. The Kier molecular flexibility index (Phi) is 5.39. The zero-order chi connectivity index (χ0) is 15.3.